The van der Waals surface area contributed by atoms with E-state index in [4.69, 9.17) is 16.9 Å². The molecule has 2 aromatic carbocycles. The predicted octanol–water partition coefficient (Wildman–Crippen LogP) is 4.06. The molecule has 0 spiro atoms. The fourth-order valence-electron chi connectivity index (χ4n) is 2.00. The van der Waals surface area contributed by atoms with Crippen LogP contribution in [0.25, 0.3) is 16.8 Å². The van der Waals surface area contributed by atoms with E-state index in [1.165, 1.54) is 0 Å². The maximum atomic E-state index is 8.93. The monoisotopic (exact) mass is 279 g/mol. The van der Waals surface area contributed by atoms with Crippen LogP contribution in [0.2, 0.25) is 5.02 Å². The second kappa shape index (κ2) is 5.20. The van der Waals surface area contributed by atoms with Gasteiger partial charge in [-0.2, -0.15) is 10.4 Å². The van der Waals surface area contributed by atoms with Crippen LogP contribution in [0.3, 0.4) is 0 Å². The van der Waals surface area contributed by atoms with E-state index in [1.54, 1.807) is 23.0 Å². The van der Waals surface area contributed by atoms with Crippen molar-refractivity contribution in [2.24, 2.45) is 0 Å². The summed E-state index contributed by atoms with van der Waals surface area (Å²) < 4.78 is 1.75. The lowest BCUT2D eigenvalue weighted by molar-refractivity contribution is 0.880. The maximum absolute atomic E-state index is 8.93. The Morgan fingerprint density at radius 3 is 2.70 bits per heavy atom. The predicted molar refractivity (Wildman–Crippen MR) is 78.7 cm³/mol. The molecule has 0 saturated heterocycles. The van der Waals surface area contributed by atoms with Gasteiger partial charge in [0.1, 0.15) is 0 Å². The maximum Gasteiger partial charge on any atom is 0.0992 e. The summed E-state index contributed by atoms with van der Waals surface area (Å²) in [5, 5.41) is 14.0. The molecule has 96 valence electrons. The lowest BCUT2D eigenvalue weighted by atomic mass is 10.1. The van der Waals surface area contributed by atoms with Gasteiger partial charge in [-0.25, -0.2) is 4.68 Å². The van der Waals surface area contributed by atoms with Crippen LogP contribution in [0.5, 0.6) is 0 Å². The topological polar surface area (TPSA) is 41.6 Å². The number of rotatable bonds is 2. The van der Waals surface area contributed by atoms with E-state index in [0.29, 0.717) is 10.6 Å². The number of halogens is 1. The Kier molecular flexibility index (Phi) is 3.24. The first-order chi connectivity index (χ1) is 9.76. The van der Waals surface area contributed by atoms with E-state index in [1.807, 2.05) is 42.6 Å². The fraction of sp³-hybridized carbons (Fsp3) is 0. The molecule has 0 aliphatic rings. The number of benzene rings is 2. The van der Waals surface area contributed by atoms with Crippen LogP contribution in [0, 0.1) is 11.3 Å². The molecule has 0 bridgehead atoms. The molecule has 0 atom stereocenters. The van der Waals surface area contributed by atoms with E-state index in [0.717, 1.165) is 16.8 Å². The molecule has 1 aromatic heterocycles. The van der Waals surface area contributed by atoms with Gasteiger partial charge in [-0.1, -0.05) is 29.8 Å². The van der Waals surface area contributed by atoms with Gasteiger partial charge < -0.3 is 0 Å². The zero-order chi connectivity index (χ0) is 13.9. The Morgan fingerprint density at radius 2 is 1.90 bits per heavy atom. The molecule has 0 aliphatic heterocycles. The minimum atomic E-state index is 0.613. The van der Waals surface area contributed by atoms with Crippen LogP contribution in [-0.4, -0.2) is 9.78 Å². The summed E-state index contributed by atoms with van der Waals surface area (Å²) >= 11 is 5.99. The van der Waals surface area contributed by atoms with Crippen molar-refractivity contribution in [2.45, 2.75) is 0 Å². The van der Waals surface area contributed by atoms with Crippen LogP contribution in [0.15, 0.2) is 60.9 Å². The first-order valence-corrected chi connectivity index (χ1v) is 6.45. The molecule has 3 aromatic rings. The summed E-state index contributed by atoms with van der Waals surface area (Å²) in [7, 11) is 0. The number of hydrogen-bond donors (Lipinski definition) is 0. The van der Waals surface area contributed by atoms with Crippen molar-refractivity contribution in [3.8, 4) is 22.9 Å². The number of hydrogen-bond acceptors (Lipinski definition) is 2. The van der Waals surface area contributed by atoms with Gasteiger partial charge in [0, 0.05) is 16.8 Å². The van der Waals surface area contributed by atoms with Crippen LogP contribution >= 0.6 is 11.6 Å². The number of nitriles is 1. The molecule has 0 N–H and O–H groups in total. The highest BCUT2D eigenvalue weighted by atomic mass is 35.5. The molecule has 20 heavy (non-hydrogen) atoms. The zero-order valence-corrected chi connectivity index (χ0v) is 11.2. The molecule has 0 amide bonds. The van der Waals surface area contributed by atoms with E-state index in [2.05, 4.69) is 11.2 Å². The molecule has 0 radical (unpaired) electrons. The highest BCUT2D eigenvalue weighted by molar-refractivity contribution is 6.30. The highest BCUT2D eigenvalue weighted by Gasteiger charge is 2.04. The molecule has 4 heteroatoms. The third kappa shape index (κ3) is 2.42. The molecular formula is C16H10ClN3. The molecule has 0 saturated carbocycles. The minimum absolute atomic E-state index is 0.613. The Labute approximate surface area is 121 Å². The number of aromatic nitrogens is 2. The molecule has 3 rings (SSSR count). The third-order valence-electron chi connectivity index (χ3n) is 2.98. The van der Waals surface area contributed by atoms with Crippen molar-refractivity contribution in [3.05, 3.63) is 71.5 Å². The van der Waals surface area contributed by atoms with Gasteiger partial charge in [0.15, 0.2) is 0 Å². The highest BCUT2D eigenvalue weighted by Crippen LogP contribution is 2.23. The van der Waals surface area contributed by atoms with E-state index in [9.17, 15) is 0 Å². The molecule has 3 nitrogen and oxygen atoms in total. The van der Waals surface area contributed by atoms with E-state index < -0.39 is 0 Å². The Morgan fingerprint density at radius 1 is 1.05 bits per heavy atom. The molecule has 1 heterocycles. The summed E-state index contributed by atoms with van der Waals surface area (Å²) in [6, 6.07) is 17.1. The summed E-state index contributed by atoms with van der Waals surface area (Å²) in [4.78, 5) is 0. The second-order valence-electron chi connectivity index (χ2n) is 4.35. The van der Waals surface area contributed by atoms with Crippen molar-refractivity contribution in [1.29, 1.82) is 5.26 Å². The second-order valence-corrected chi connectivity index (χ2v) is 4.78. The largest absolute Gasteiger partial charge is 0.240 e. The standard InChI is InChI=1S/C16H10ClN3/c17-15-5-2-4-13(8-15)14-10-19-20(11-14)16-6-1-3-12(7-16)9-18/h1-8,10-11H. The fourth-order valence-corrected chi connectivity index (χ4v) is 2.19. The smallest absolute Gasteiger partial charge is 0.0992 e. The van der Waals surface area contributed by atoms with Crippen LogP contribution in [-0.2, 0) is 0 Å². The minimum Gasteiger partial charge on any atom is -0.240 e. The van der Waals surface area contributed by atoms with Gasteiger partial charge >= 0.3 is 0 Å². The van der Waals surface area contributed by atoms with Crippen molar-refractivity contribution in [3.63, 3.8) is 0 Å². The van der Waals surface area contributed by atoms with Gasteiger partial charge in [0.05, 0.1) is 23.5 Å². The normalized spacial score (nSPS) is 10.2. The van der Waals surface area contributed by atoms with Crippen molar-refractivity contribution < 1.29 is 0 Å². The SMILES string of the molecule is N#Cc1cccc(-n2cc(-c3cccc(Cl)c3)cn2)c1. The van der Waals surface area contributed by atoms with Gasteiger partial charge in [-0.15, -0.1) is 0 Å². The third-order valence-corrected chi connectivity index (χ3v) is 3.22. The summed E-state index contributed by atoms with van der Waals surface area (Å²) in [6.45, 7) is 0. The van der Waals surface area contributed by atoms with Gasteiger partial charge in [-0.3, -0.25) is 0 Å². The Hall–Kier alpha value is -2.57. The lowest BCUT2D eigenvalue weighted by Crippen LogP contribution is -1.94. The van der Waals surface area contributed by atoms with Crippen molar-refractivity contribution in [2.75, 3.05) is 0 Å². The zero-order valence-electron chi connectivity index (χ0n) is 10.5. The van der Waals surface area contributed by atoms with Crippen molar-refractivity contribution in [1.82, 2.24) is 9.78 Å². The van der Waals surface area contributed by atoms with Crippen LogP contribution in [0.1, 0.15) is 5.56 Å². The summed E-state index contributed by atoms with van der Waals surface area (Å²) in [5.41, 5.74) is 3.47. The molecule has 0 fully saturated rings. The lowest BCUT2D eigenvalue weighted by Gasteiger charge is -2.01. The van der Waals surface area contributed by atoms with E-state index in [-0.39, 0.29) is 0 Å². The van der Waals surface area contributed by atoms with Gasteiger partial charge in [0.25, 0.3) is 0 Å². The van der Waals surface area contributed by atoms with Gasteiger partial charge in [-0.05, 0) is 35.9 Å². The Balaban J connectivity index is 2.00. The average Bonchev–Trinajstić information content (AvgIpc) is 2.97. The Bertz CT molecular complexity index is 799. The first-order valence-electron chi connectivity index (χ1n) is 6.07. The van der Waals surface area contributed by atoms with Crippen LogP contribution < -0.4 is 0 Å². The average molecular weight is 280 g/mol. The van der Waals surface area contributed by atoms with Gasteiger partial charge in [0.2, 0.25) is 0 Å². The summed E-state index contributed by atoms with van der Waals surface area (Å²) in [6.07, 6.45) is 3.70. The van der Waals surface area contributed by atoms with Crippen LogP contribution in [0.4, 0.5) is 0 Å². The van der Waals surface area contributed by atoms with E-state index >= 15 is 0 Å². The molecule has 0 aliphatic carbocycles. The number of nitrogens with zero attached hydrogens (tertiary/aromatic N) is 3. The summed E-state index contributed by atoms with van der Waals surface area (Å²) in [5.74, 6) is 0. The quantitative estimate of drug-likeness (QED) is 0.710. The first kappa shape index (κ1) is 12.5. The van der Waals surface area contributed by atoms with Crippen molar-refractivity contribution >= 4 is 11.6 Å². The molecular weight excluding hydrogens is 270 g/mol. The molecule has 0 unspecified atom stereocenters.